The molecule has 0 bridgehead atoms. The lowest BCUT2D eigenvalue weighted by Crippen LogP contribution is -2.74. The van der Waals surface area contributed by atoms with Gasteiger partial charge in [-0.25, -0.2) is 0 Å². The number of ketones is 2. The SMILES string of the molecule is C.CNC1C(O)C(C(N)=O)C(=O)C2(O)C(=O)C3=C(O)c4c(O)ccc(Cl)c4C(C)(O)C3CC12. The van der Waals surface area contributed by atoms with Crippen molar-refractivity contribution in [3.8, 4) is 5.75 Å². The number of likely N-dealkylation sites (N-methyl/N-ethyl adjacent to an activating group) is 1. The first-order chi connectivity index (χ1) is 14.8. The van der Waals surface area contributed by atoms with Gasteiger partial charge in [0.05, 0.1) is 17.3 Å². The molecule has 3 aliphatic carbocycles. The number of halogens is 1. The lowest BCUT2D eigenvalue weighted by atomic mass is 9.52. The highest BCUT2D eigenvalue weighted by atomic mass is 35.5. The molecule has 3 aliphatic rings. The Morgan fingerprint density at radius 1 is 1.24 bits per heavy atom. The van der Waals surface area contributed by atoms with Gasteiger partial charge in [-0.15, -0.1) is 0 Å². The first kappa shape index (κ1) is 25.1. The smallest absolute Gasteiger partial charge is 0.230 e. The number of carbonyl (C=O) groups excluding carboxylic acids is 3. The van der Waals surface area contributed by atoms with Crippen molar-refractivity contribution in [1.29, 1.82) is 0 Å². The van der Waals surface area contributed by atoms with Crippen LogP contribution >= 0.6 is 11.6 Å². The molecule has 1 aromatic rings. The average molecular weight is 483 g/mol. The Balaban J connectivity index is 0.00000306. The number of amides is 1. The van der Waals surface area contributed by atoms with Crippen LogP contribution in [0.3, 0.4) is 0 Å². The Bertz CT molecular complexity index is 1100. The highest BCUT2D eigenvalue weighted by Gasteiger charge is 2.69. The summed E-state index contributed by atoms with van der Waals surface area (Å²) in [5.74, 6) is -9.20. The van der Waals surface area contributed by atoms with E-state index in [1.807, 2.05) is 0 Å². The van der Waals surface area contributed by atoms with E-state index in [4.69, 9.17) is 17.3 Å². The number of Topliss-reactive ketones (excluding diaryl/α,β-unsaturated/α-hetero) is 2. The lowest BCUT2D eigenvalue weighted by Gasteiger charge is -2.54. The van der Waals surface area contributed by atoms with Crippen LogP contribution in [0, 0.1) is 17.8 Å². The van der Waals surface area contributed by atoms with E-state index in [-0.39, 0.29) is 30.0 Å². The van der Waals surface area contributed by atoms with Crippen LogP contribution in [0.1, 0.15) is 31.9 Å². The number of aliphatic hydroxyl groups excluding tert-OH is 2. The van der Waals surface area contributed by atoms with Crippen molar-refractivity contribution < 1.29 is 39.9 Å². The van der Waals surface area contributed by atoms with E-state index >= 15 is 0 Å². The van der Waals surface area contributed by atoms with Gasteiger partial charge in [0.2, 0.25) is 11.7 Å². The predicted molar refractivity (Wildman–Crippen MR) is 117 cm³/mol. The average Bonchev–Trinajstić information content (AvgIpc) is 2.70. The third kappa shape index (κ3) is 2.98. The molecule has 4 rings (SSSR count). The van der Waals surface area contributed by atoms with Gasteiger partial charge in [0, 0.05) is 34.0 Å². The van der Waals surface area contributed by atoms with Gasteiger partial charge in [-0.3, -0.25) is 14.4 Å². The number of aromatic hydroxyl groups is 1. The van der Waals surface area contributed by atoms with E-state index < -0.39 is 75.7 Å². The van der Waals surface area contributed by atoms with Crippen LogP contribution in [-0.2, 0) is 20.0 Å². The Kier molecular flexibility index (Phi) is 5.92. The van der Waals surface area contributed by atoms with Gasteiger partial charge in [0.1, 0.15) is 17.4 Å². The van der Waals surface area contributed by atoms with Crippen molar-refractivity contribution in [1.82, 2.24) is 5.32 Å². The van der Waals surface area contributed by atoms with Crippen molar-refractivity contribution in [2.24, 2.45) is 23.5 Å². The summed E-state index contributed by atoms with van der Waals surface area (Å²) in [4.78, 5) is 38.6. The third-order valence-corrected chi connectivity index (χ3v) is 7.53. The lowest BCUT2D eigenvalue weighted by molar-refractivity contribution is -0.182. The first-order valence-electron chi connectivity index (χ1n) is 9.95. The van der Waals surface area contributed by atoms with Crippen molar-refractivity contribution in [3.05, 3.63) is 33.9 Å². The van der Waals surface area contributed by atoms with E-state index in [1.165, 1.54) is 26.1 Å². The van der Waals surface area contributed by atoms with Gasteiger partial charge in [0.15, 0.2) is 11.4 Å². The van der Waals surface area contributed by atoms with Crippen molar-refractivity contribution in [2.45, 2.75) is 44.1 Å². The molecule has 0 saturated heterocycles. The van der Waals surface area contributed by atoms with E-state index in [1.54, 1.807) is 0 Å². The standard InChI is InChI=1S/C21H23ClN2O8.CH4/c1-20(31)6-5-7-14(24-2)16(27)12(19(23)30)18(29)21(7,32)17(28)10(6)15(26)11-9(25)4-3-8(22)13(11)20;/h3-4,6-7,12,14,16,24-27,31-32H,5H2,1-2H3,(H2,23,30);1H4. The maximum atomic E-state index is 13.6. The zero-order chi connectivity index (χ0) is 23.9. The molecule has 0 aliphatic heterocycles. The molecule has 33 heavy (non-hydrogen) atoms. The molecule has 10 nitrogen and oxygen atoms in total. The molecule has 0 radical (unpaired) electrons. The van der Waals surface area contributed by atoms with E-state index in [2.05, 4.69) is 5.32 Å². The number of fused-ring (bicyclic) bond motifs is 3. The molecule has 11 heteroatoms. The minimum absolute atomic E-state index is 0. The molecule has 1 amide bonds. The first-order valence-corrected chi connectivity index (χ1v) is 10.3. The van der Waals surface area contributed by atoms with Crippen LogP contribution < -0.4 is 11.1 Å². The molecule has 0 aromatic heterocycles. The highest BCUT2D eigenvalue weighted by Crippen LogP contribution is 2.57. The molecular formula is C22H27ClN2O8. The van der Waals surface area contributed by atoms with E-state index in [9.17, 15) is 39.9 Å². The molecule has 7 unspecified atom stereocenters. The Morgan fingerprint density at radius 3 is 2.39 bits per heavy atom. The number of phenolic OH excluding ortho intramolecular Hbond substituents is 1. The quantitative estimate of drug-likeness (QED) is 0.278. The number of aliphatic hydroxyl groups is 4. The summed E-state index contributed by atoms with van der Waals surface area (Å²) in [6.07, 6.45) is -1.87. The number of nitrogens with one attached hydrogen (secondary N) is 1. The minimum atomic E-state index is -2.80. The molecule has 2 fully saturated rings. The molecule has 0 heterocycles. The fourth-order valence-electron chi connectivity index (χ4n) is 5.68. The Morgan fingerprint density at radius 2 is 1.85 bits per heavy atom. The van der Waals surface area contributed by atoms with Crippen LogP contribution in [-0.4, -0.2) is 67.8 Å². The topological polar surface area (TPSA) is 190 Å². The normalized spacial score (nSPS) is 37.6. The molecule has 8 N–H and O–H groups in total. The number of rotatable bonds is 2. The summed E-state index contributed by atoms with van der Waals surface area (Å²) in [5, 5.41) is 57.5. The molecule has 180 valence electrons. The van der Waals surface area contributed by atoms with Crippen LogP contribution in [0.4, 0.5) is 0 Å². The van der Waals surface area contributed by atoms with E-state index in [0.29, 0.717) is 0 Å². The zero-order valence-corrected chi connectivity index (χ0v) is 17.9. The third-order valence-electron chi connectivity index (χ3n) is 7.22. The van der Waals surface area contributed by atoms with Crippen molar-refractivity contribution >= 4 is 34.8 Å². The predicted octanol–water partition coefficient (Wildman–Crippen LogP) is -0.259. The second-order valence-corrected chi connectivity index (χ2v) is 9.17. The Hall–Kier alpha value is -2.50. The molecule has 0 spiro atoms. The number of hydrogen-bond acceptors (Lipinski definition) is 9. The molecule has 1 aromatic carbocycles. The van der Waals surface area contributed by atoms with Crippen molar-refractivity contribution in [2.75, 3.05) is 7.05 Å². The van der Waals surface area contributed by atoms with Gasteiger partial charge >= 0.3 is 0 Å². The minimum Gasteiger partial charge on any atom is -0.507 e. The summed E-state index contributed by atoms with van der Waals surface area (Å²) in [7, 11) is 1.42. The van der Waals surface area contributed by atoms with Gasteiger partial charge in [-0.2, -0.15) is 0 Å². The number of carbonyl (C=O) groups is 3. The summed E-state index contributed by atoms with van der Waals surface area (Å²) in [6, 6.07) is 1.38. The van der Waals surface area contributed by atoms with Crippen LogP contribution in [0.25, 0.3) is 5.76 Å². The summed E-state index contributed by atoms with van der Waals surface area (Å²) < 4.78 is 0. The Labute approximate surface area is 194 Å². The largest absolute Gasteiger partial charge is 0.507 e. The van der Waals surface area contributed by atoms with Gasteiger partial charge < -0.3 is 36.6 Å². The maximum absolute atomic E-state index is 13.6. The number of primary amides is 1. The van der Waals surface area contributed by atoms with E-state index in [0.717, 1.165) is 0 Å². The summed E-state index contributed by atoms with van der Waals surface area (Å²) in [5.41, 5.74) is -0.186. The number of phenols is 1. The second kappa shape index (κ2) is 7.78. The van der Waals surface area contributed by atoms with Crippen LogP contribution in [0.5, 0.6) is 5.75 Å². The second-order valence-electron chi connectivity index (χ2n) is 8.77. The monoisotopic (exact) mass is 482 g/mol. The van der Waals surface area contributed by atoms with Gasteiger partial charge in [-0.05, 0) is 32.5 Å². The maximum Gasteiger partial charge on any atom is 0.230 e. The number of hydrogen-bond donors (Lipinski definition) is 7. The highest BCUT2D eigenvalue weighted by molar-refractivity contribution is 6.32. The number of nitrogens with two attached hydrogens (primary N) is 1. The molecular weight excluding hydrogens is 456 g/mol. The zero-order valence-electron chi connectivity index (χ0n) is 17.2. The fraction of sp³-hybridized carbons (Fsp3) is 0.500. The van der Waals surface area contributed by atoms with Gasteiger partial charge in [-0.1, -0.05) is 19.0 Å². The van der Waals surface area contributed by atoms with Crippen LogP contribution in [0.2, 0.25) is 5.02 Å². The summed E-state index contributed by atoms with van der Waals surface area (Å²) >= 11 is 6.26. The molecule has 7 atom stereocenters. The van der Waals surface area contributed by atoms with Crippen LogP contribution in [0.15, 0.2) is 17.7 Å². The summed E-state index contributed by atoms with van der Waals surface area (Å²) in [6.45, 7) is 1.34. The fourth-order valence-corrected chi connectivity index (χ4v) is 6.02. The van der Waals surface area contributed by atoms with Crippen molar-refractivity contribution in [3.63, 3.8) is 0 Å². The number of benzene rings is 1. The van der Waals surface area contributed by atoms with Gasteiger partial charge in [0.25, 0.3) is 0 Å². The molecule has 2 saturated carbocycles.